The van der Waals surface area contributed by atoms with Gasteiger partial charge in [0.25, 0.3) is 5.56 Å². The molecule has 1 aromatic heterocycles. The van der Waals surface area contributed by atoms with Crippen LogP contribution in [-0.2, 0) is 13.1 Å². The third-order valence-corrected chi connectivity index (χ3v) is 4.36. The van der Waals surface area contributed by atoms with Gasteiger partial charge < -0.3 is 14.6 Å². The highest BCUT2D eigenvalue weighted by atomic mass is 35.5. The molecule has 0 unspecified atom stereocenters. The van der Waals surface area contributed by atoms with Gasteiger partial charge in [-0.3, -0.25) is 9.48 Å². The Labute approximate surface area is 149 Å². The quantitative estimate of drug-likeness (QED) is 0.731. The molecule has 1 heterocycles. The molecule has 0 saturated heterocycles. The SMILES string of the molecule is COc1ccc(Cn2c(=O)c3ccc(Cl)cc3n2CCO)c(OC)c1. The number of methoxy groups -OCH3 is 2. The minimum absolute atomic E-state index is 0.0878. The number of rotatable bonds is 6. The van der Waals surface area contributed by atoms with Gasteiger partial charge >= 0.3 is 0 Å². The molecule has 0 saturated carbocycles. The molecule has 2 aromatic carbocycles. The number of aliphatic hydroxyl groups is 1. The first-order chi connectivity index (χ1) is 12.1. The van der Waals surface area contributed by atoms with Gasteiger partial charge in [-0.1, -0.05) is 11.6 Å². The zero-order chi connectivity index (χ0) is 18.0. The van der Waals surface area contributed by atoms with Crippen molar-refractivity contribution < 1.29 is 14.6 Å². The minimum Gasteiger partial charge on any atom is -0.497 e. The number of hydrogen-bond donors (Lipinski definition) is 1. The summed E-state index contributed by atoms with van der Waals surface area (Å²) < 4.78 is 14.0. The maximum Gasteiger partial charge on any atom is 0.274 e. The molecule has 3 aromatic rings. The normalized spacial score (nSPS) is 11.0. The van der Waals surface area contributed by atoms with Crippen LogP contribution in [-0.4, -0.2) is 35.3 Å². The van der Waals surface area contributed by atoms with Crippen LogP contribution in [0.4, 0.5) is 0 Å². The van der Waals surface area contributed by atoms with Crippen LogP contribution in [0.1, 0.15) is 5.56 Å². The molecule has 0 fully saturated rings. The fourth-order valence-corrected chi connectivity index (χ4v) is 3.08. The number of aliphatic hydroxyl groups excluding tert-OH is 1. The average molecular weight is 363 g/mol. The van der Waals surface area contributed by atoms with Crippen LogP contribution in [0.25, 0.3) is 10.9 Å². The first-order valence-corrected chi connectivity index (χ1v) is 8.17. The fraction of sp³-hybridized carbons (Fsp3) is 0.278. The summed E-state index contributed by atoms with van der Waals surface area (Å²) >= 11 is 6.07. The minimum atomic E-state index is -0.141. The van der Waals surface area contributed by atoms with Crippen molar-refractivity contribution in [2.24, 2.45) is 0 Å². The van der Waals surface area contributed by atoms with E-state index in [-0.39, 0.29) is 18.7 Å². The largest absolute Gasteiger partial charge is 0.497 e. The second-order valence-electron chi connectivity index (χ2n) is 5.55. The van der Waals surface area contributed by atoms with Gasteiger partial charge in [-0.25, -0.2) is 4.68 Å². The number of halogens is 1. The van der Waals surface area contributed by atoms with Gasteiger partial charge in [-0.05, 0) is 30.3 Å². The molecule has 25 heavy (non-hydrogen) atoms. The van der Waals surface area contributed by atoms with E-state index in [0.717, 1.165) is 5.56 Å². The van der Waals surface area contributed by atoms with Crippen LogP contribution in [0.2, 0.25) is 5.02 Å². The Hall–Kier alpha value is -2.44. The summed E-state index contributed by atoms with van der Waals surface area (Å²) in [6, 6.07) is 10.6. The van der Waals surface area contributed by atoms with E-state index in [9.17, 15) is 9.90 Å². The topological polar surface area (TPSA) is 65.6 Å². The molecule has 0 aliphatic carbocycles. The summed E-state index contributed by atoms with van der Waals surface area (Å²) in [4.78, 5) is 12.8. The Morgan fingerprint density at radius 3 is 2.56 bits per heavy atom. The summed E-state index contributed by atoms with van der Waals surface area (Å²) in [6.45, 7) is 0.505. The molecule has 0 amide bonds. The van der Waals surface area contributed by atoms with E-state index in [0.29, 0.717) is 34.0 Å². The van der Waals surface area contributed by atoms with Crippen molar-refractivity contribution in [1.29, 1.82) is 0 Å². The number of benzene rings is 2. The van der Waals surface area contributed by atoms with Crippen molar-refractivity contribution in [2.75, 3.05) is 20.8 Å². The Morgan fingerprint density at radius 2 is 1.88 bits per heavy atom. The highest BCUT2D eigenvalue weighted by molar-refractivity contribution is 6.31. The standard InChI is InChI=1S/C18H19ClN2O4/c1-24-14-5-3-12(17(10-14)25-2)11-21-18(23)15-6-4-13(19)9-16(15)20(21)7-8-22/h3-6,9-10,22H,7-8,11H2,1-2H3. The molecule has 0 aliphatic rings. The lowest BCUT2D eigenvalue weighted by Gasteiger charge is -2.14. The molecule has 132 valence electrons. The zero-order valence-corrected chi connectivity index (χ0v) is 14.8. The number of fused-ring (bicyclic) bond motifs is 1. The molecule has 0 radical (unpaired) electrons. The van der Waals surface area contributed by atoms with E-state index >= 15 is 0 Å². The van der Waals surface area contributed by atoms with Crippen molar-refractivity contribution in [1.82, 2.24) is 9.36 Å². The van der Waals surface area contributed by atoms with Crippen molar-refractivity contribution in [3.63, 3.8) is 0 Å². The lowest BCUT2D eigenvalue weighted by molar-refractivity contribution is 0.260. The van der Waals surface area contributed by atoms with Crippen molar-refractivity contribution in [3.05, 3.63) is 57.3 Å². The summed E-state index contributed by atoms with van der Waals surface area (Å²) in [5.41, 5.74) is 1.38. The number of nitrogens with zero attached hydrogens (tertiary/aromatic N) is 2. The van der Waals surface area contributed by atoms with Crippen molar-refractivity contribution >= 4 is 22.5 Å². The number of aromatic nitrogens is 2. The van der Waals surface area contributed by atoms with Crippen molar-refractivity contribution in [2.45, 2.75) is 13.1 Å². The van der Waals surface area contributed by atoms with E-state index in [2.05, 4.69) is 0 Å². The zero-order valence-electron chi connectivity index (χ0n) is 14.0. The van der Waals surface area contributed by atoms with Crippen LogP contribution in [0.5, 0.6) is 11.5 Å². The van der Waals surface area contributed by atoms with Gasteiger partial charge in [0, 0.05) is 16.7 Å². The maximum atomic E-state index is 12.8. The lowest BCUT2D eigenvalue weighted by Crippen LogP contribution is -2.25. The van der Waals surface area contributed by atoms with Crippen molar-refractivity contribution in [3.8, 4) is 11.5 Å². The molecule has 0 atom stereocenters. The second-order valence-corrected chi connectivity index (χ2v) is 5.99. The van der Waals surface area contributed by atoms with Crippen LogP contribution in [0.3, 0.4) is 0 Å². The first-order valence-electron chi connectivity index (χ1n) is 7.79. The van der Waals surface area contributed by atoms with E-state index in [1.807, 2.05) is 12.1 Å². The Bertz CT molecular complexity index is 962. The van der Waals surface area contributed by atoms with E-state index < -0.39 is 0 Å². The van der Waals surface area contributed by atoms with E-state index in [1.165, 1.54) is 0 Å². The van der Waals surface area contributed by atoms with Gasteiger partial charge in [0.1, 0.15) is 11.5 Å². The molecule has 0 aliphatic heterocycles. The smallest absolute Gasteiger partial charge is 0.274 e. The summed E-state index contributed by atoms with van der Waals surface area (Å²) in [6.07, 6.45) is 0. The van der Waals surface area contributed by atoms with Gasteiger partial charge in [0.2, 0.25) is 0 Å². The molecule has 1 N–H and O–H groups in total. The molecule has 7 heteroatoms. The summed E-state index contributed by atoms with van der Waals surface area (Å²) in [5, 5.41) is 10.5. The van der Waals surface area contributed by atoms with Gasteiger partial charge in [0.15, 0.2) is 0 Å². The van der Waals surface area contributed by atoms with E-state index in [1.54, 1.807) is 47.8 Å². The average Bonchev–Trinajstić information content (AvgIpc) is 2.87. The third kappa shape index (κ3) is 3.23. The fourth-order valence-electron chi connectivity index (χ4n) is 2.91. The van der Waals surface area contributed by atoms with Gasteiger partial charge in [-0.15, -0.1) is 0 Å². The highest BCUT2D eigenvalue weighted by Crippen LogP contribution is 2.26. The molecule has 6 nitrogen and oxygen atoms in total. The molecular formula is C18H19ClN2O4. The van der Waals surface area contributed by atoms with Gasteiger partial charge in [-0.2, -0.15) is 0 Å². The Balaban J connectivity index is 2.14. The molecule has 3 rings (SSSR count). The summed E-state index contributed by atoms with van der Waals surface area (Å²) in [7, 11) is 3.16. The number of hydrogen-bond acceptors (Lipinski definition) is 4. The third-order valence-electron chi connectivity index (χ3n) is 4.12. The van der Waals surface area contributed by atoms with Crippen LogP contribution >= 0.6 is 11.6 Å². The van der Waals surface area contributed by atoms with Gasteiger partial charge in [0.05, 0.1) is 44.8 Å². The van der Waals surface area contributed by atoms with Crippen LogP contribution < -0.4 is 15.0 Å². The monoisotopic (exact) mass is 362 g/mol. The predicted molar refractivity (Wildman–Crippen MR) is 96.9 cm³/mol. The molecular weight excluding hydrogens is 344 g/mol. The Kier molecular flexibility index (Phi) is 5.01. The first kappa shape index (κ1) is 17.4. The molecule has 0 spiro atoms. The molecule has 0 bridgehead atoms. The summed E-state index contributed by atoms with van der Waals surface area (Å²) in [5.74, 6) is 1.31. The Morgan fingerprint density at radius 1 is 1.08 bits per heavy atom. The predicted octanol–water partition coefficient (Wildman–Crippen LogP) is 2.51. The van der Waals surface area contributed by atoms with Crippen LogP contribution in [0.15, 0.2) is 41.2 Å². The maximum absolute atomic E-state index is 12.8. The lowest BCUT2D eigenvalue weighted by atomic mass is 10.2. The highest BCUT2D eigenvalue weighted by Gasteiger charge is 2.15. The van der Waals surface area contributed by atoms with E-state index in [4.69, 9.17) is 21.1 Å². The number of ether oxygens (including phenoxy) is 2. The second kappa shape index (κ2) is 7.21. The van der Waals surface area contributed by atoms with Crippen LogP contribution in [0, 0.1) is 0 Å².